The van der Waals surface area contributed by atoms with Gasteiger partial charge in [0.05, 0.1) is 23.7 Å². The number of hydrogen-bond donors (Lipinski definition) is 1. The van der Waals surface area contributed by atoms with Crippen molar-refractivity contribution in [3.63, 3.8) is 0 Å². The molecule has 3 rings (SSSR count). The van der Waals surface area contributed by atoms with E-state index in [0.717, 1.165) is 34.2 Å². The maximum Gasteiger partial charge on any atom is 0.177 e. The molecule has 1 aromatic carbocycles. The monoisotopic (exact) mass is 316 g/mol. The number of rotatable bonds is 4. The van der Waals surface area contributed by atoms with E-state index in [1.807, 2.05) is 45.0 Å². The number of hydrogen-bond acceptors (Lipinski definition) is 4. The second kappa shape index (κ2) is 5.85. The number of anilines is 2. The summed E-state index contributed by atoms with van der Waals surface area (Å²) in [5.74, 6) is 0.846. The lowest BCUT2D eigenvalue weighted by atomic mass is 10.3. The van der Waals surface area contributed by atoms with Gasteiger partial charge < -0.3 is 10.1 Å². The summed E-state index contributed by atoms with van der Waals surface area (Å²) in [6, 6.07) is 9.54. The molecule has 0 aliphatic heterocycles. The molecule has 0 amide bonds. The van der Waals surface area contributed by atoms with Crippen LogP contribution in [0.4, 0.5) is 11.4 Å². The average Bonchev–Trinajstić information content (AvgIpc) is 2.78. The summed E-state index contributed by atoms with van der Waals surface area (Å²) in [5, 5.41) is 8.05. The lowest BCUT2D eigenvalue weighted by Gasteiger charge is -2.09. The number of benzene rings is 1. The van der Waals surface area contributed by atoms with Crippen LogP contribution in [0.15, 0.2) is 30.3 Å². The van der Waals surface area contributed by atoms with Crippen molar-refractivity contribution in [1.29, 1.82) is 0 Å². The lowest BCUT2D eigenvalue weighted by Crippen LogP contribution is -2.00. The minimum atomic E-state index is 0.418. The molecule has 1 N–H and O–H groups in total. The van der Waals surface area contributed by atoms with Crippen LogP contribution < -0.4 is 10.1 Å². The Kier molecular flexibility index (Phi) is 3.90. The van der Waals surface area contributed by atoms with E-state index < -0.39 is 0 Å². The molecule has 2 aromatic heterocycles. The lowest BCUT2D eigenvalue weighted by molar-refractivity contribution is 0.340. The van der Waals surface area contributed by atoms with Crippen LogP contribution >= 0.6 is 11.6 Å². The zero-order valence-corrected chi connectivity index (χ0v) is 13.5. The number of nitrogens with zero attached hydrogens (tertiary/aromatic N) is 3. The predicted octanol–water partition coefficient (Wildman–Crippen LogP) is 4.14. The van der Waals surface area contributed by atoms with Crippen molar-refractivity contribution in [2.75, 3.05) is 11.9 Å². The average molecular weight is 317 g/mol. The molecule has 0 bridgehead atoms. The van der Waals surface area contributed by atoms with Gasteiger partial charge in [0.25, 0.3) is 0 Å². The molecule has 0 saturated carbocycles. The van der Waals surface area contributed by atoms with E-state index in [0.29, 0.717) is 11.8 Å². The summed E-state index contributed by atoms with van der Waals surface area (Å²) in [7, 11) is 0. The Labute approximate surface area is 133 Å². The van der Waals surface area contributed by atoms with E-state index in [1.165, 1.54) is 0 Å². The molecule has 5 nitrogen and oxygen atoms in total. The molecule has 22 heavy (non-hydrogen) atoms. The largest absolute Gasteiger partial charge is 0.494 e. The first-order valence-electron chi connectivity index (χ1n) is 7.11. The van der Waals surface area contributed by atoms with Crippen molar-refractivity contribution < 1.29 is 4.74 Å². The van der Waals surface area contributed by atoms with Crippen LogP contribution in [0, 0.1) is 13.8 Å². The Balaban J connectivity index is 1.98. The second-order valence-corrected chi connectivity index (χ2v) is 5.37. The van der Waals surface area contributed by atoms with Crippen LogP contribution in [0.5, 0.6) is 5.75 Å². The summed E-state index contributed by atoms with van der Waals surface area (Å²) < 4.78 is 7.20. The first-order valence-corrected chi connectivity index (χ1v) is 7.48. The molecule has 0 spiro atoms. The molecule has 0 radical (unpaired) electrons. The Morgan fingerprint density at radius 1 is 1.23 bits per heavy atom. The Bertz CT molecular complexity index is 811. The van der Waals surface area contributed by atoms with Crippen molar-refractivity contribution >= 4 is 28.6 Å². The molecular formula is C16H17ClN4O. The second-order valence-electron chi connectivity index (χ2n) is 4.98. The summed E-state index contributed by atoms with van der Waals surface area (Å²) in [6.07, 6.45) is 0. The van der Waals surface area contributed by atoms with Crippen LogP contribution in [-0.4, -0.2) is 21.2 Å². The molecule has 0 fully saturated rings. The Morgan fingerprint density at radius 3 is 2.64 bits per heavy atom. The molecule has 0 atom stereocenters. The first-order chi connectivity index (χ1) is 10.6. The van der Waals surface area contributed by atoms with E-state index in [9.17, 15) is 0 Å². The van der Waals surface area contributed by atoms with Crippen molar-refractivity contribution in [2.45, 2.75) is 20.8 Å². The van der Waals surface area contributed by atoms with Gasteiger partial charge in [-0.05, 0) is 45.0 Å². The van der Waals surface area contributed by atoms with Crippen LogP contribution in [0.1, 0.15) is 18.3 Å². The van der Waals surface area contributed by atoms with Crippen LogP contribution in [0.3, 0.4) is 0 Å². The topological polar surface area (TPSA) is 51.5 Å². The molecule has 0 saturated heterocycles. The van der Waals surface area contributed by atoms with Crippen LogP contribution in [0.2, 0.25) is 5.15 Å². The maximum atomic E-state index is 6.12. The van der Waals surface area contributed by atoms with Crippen LogP contribution in [0.25, 0.3) is 5.65 Å². The van der Waals surface area contributed by atoms with Gasteiger partial charge in [0, 0.05) is 11.8 Å². The van der Waals surface area contributed by atoms with Crippen molar-refractivity contribution in [2.24, 2.45) is 0 Å². The molecule has 2 heterocycles. The van der Waals surface area contributed by atoms with E-state index >= 15 is 0 Å². The highest BCUT2D eigenvalue weighted by Gasteiger charge is 2.12. The highest BCUT2D eigenvalue weighted by molar-refractivity contribution is 6.29. The SMILES string of the molecule is CCOc1ccc(Nc2cc(Cl)nn3c(C)c(C)nc23)cc1. The van der Waals surface area contributed by atoms with Gasteiger partial charge in [-0.1, -0.05) is 11.6 Å². The van der Waals surface area contributed by atoms with E-state index in [4.69, 9.17) is 16.3 Å². The van der Waals surface area contributed by atoms with E-state index in [2.05, 4.69) is 15.4 Å². The fourth-order valence-electron chi connectivity index (χ4n) is 2.25. The highest BCUT2D eigenvalue weighted by Crippen LogP contribution is 2.26. The quantitative estimate of drug-likeness (QED) is 0.786. The maximum absolute atomic E-state index is 6.12. The minimum absolute atomic E-state index is 0.418. The molecule has 0 unspecified atom stereocenters. The van der Waals surface area contributed by atoms with Crippen molar-refractivity contribution in [3.8, 4) is 5.75 Å². The fraction of sp³-hybridized carbons (Fsp3) is 0.250. The molecule has 0 aliphatic rings. The smallest absolute Gasteiger partial charge is 0.177 e. The van der Waals surface area contributed by atoms with Gasteiger partial charge in [-0.15, -0.1) is 0 Å². The van der Waals surface area contributed by atoms with Gasteiger partial charge in [0.2, 0.25) is 0 Å². The molecular weight excluding hydrogens is 300 g/mol. The third-order valence-electron chi connectivity index (χ3n) is 3.46. The van der Waals surface area contributed by atoms with Gasteiger partial charge in [-0.3, -0.25) is 0 Å². The molecule has 114 valence electrons. The van der Waals surface area contributed by atoms with Gasteiger partial charge >= 0.3 is 0 Å². The minimum Gasteiger partial charge on any atom is -0.494 e. The number of aromatic nitrogens is 3. The number of ether oxygens (including phenoxy) is 1. The number of halogens is 1. The fourth-order valence-corrected chi connectivity index (χ4v) is 2.44. The van der Waals surface area contributed by atoms with Gasteiger partial charge in [-0.2, -0.15) is 5.10 Å². The third-order valence-corrected chi connectivity index (χ3v) is 3.64. The highest BCUT2D eigenvalue weighted by atomic mass is 35.5. The predicted molar refractivity (Wildman–Crippen MR) is 88.4 cm³/mol. The number of fused-ring (bicyclic) bond motifs is 1. The van der Waals surface area contributed by atoms with Gasteiger partial charge in [-0.25, -0.2) is 9.50 Å². The number of nitrogens with one attached hydrogen (secondary N) is 1. The number of imidazole rings is 1. The standard InChI is InChI=1S/C16H17ClN4O/c1-4-22-13-7-5-12(6-8-13)19-14-9-15(17)20-21-11(3)10(2)18-16(14)21/h5-9,19H,4H2,1-3H3. The van der Waals surface area contributed by atoms with Gasteiger partial charge in [0.15, 0.2) is 10.8 Å². The molecule has 0 aliphatic carbocycles. The zero-order chi connectivity index (χ0) is 15.7. The first kappa shape index (κ1) is 14.7. The summed E-state index contributed by atoms with van der Waals surface area (Å²) in [5.41, 5.74) is 4.43. The molecule has 3 aromatic rings. The van der Waals surface area contributed by atoms with Crippen molar-refractivity contribution in [1.82, 2.24) is 14.6 Å². The van der Waals surface area contributed by atoms with E-state index in [-0.39, 0.29) is 0 Å². The van der Waals surface area contributed by atoms with Crippen LogP contribution in [-0.2, 0) is 0 Å². The Hall–Kier alpha value is -2.27. The number of aryl methyl sites for hydroxylation is 2. The third kappa shape index (κ3) is 2.72. The zero-order valence-electron chi connectivity index (χ0n) is 12.7. The van der Waals surface area contributed by atoms with E-state index in [1.54, 1.807) is 10.6 Å². The van der Waals surface area contributed by atoms with Gasteiger partial charge in [0.1, 0.15) is 5.75 Å². The normalized spacial score (nSPS) is 10.9. The molecule has 6 heteroatoms. The summed E-state index contributed by atoms with van der Waals surface area (Å²) >= 11 is 6.12. The van der Waals surface area contributed by atoms with Crippen molar-refractivity contribution in [3.05, 3.63) is 46.9 Å². The Morgan fingerprint density at radius 2 is 1.95 bits per heavy atom. The summed E-state index contributed by atoms with van der Waals surface area (Å²) in [6.45, 7) is 6.54. The summed E-state index contributed by atoms with van der Waals surface area (Å²) in [4.78, 5) is 4.55.